The van der Waals surface area contributed by atoms with Crippen LogP contribution in [0.5, 0.6) is 0 Å². The monoisotopic (exact) mass is 270 g/mol. The van der Waals surface area contributed by atoms with Crippen LogP contribution in [0.15, 0.2) is 0 Å². The van der Waals surface area contributed by atoms with Gasteiger partial charge >= 0.3 is 5.97 Å². The second kappa shape index (κ2) is 8.57. The van der Waals surface area contributed by atoms with Gasteiger partial charge in [-0.2, -0.15) is 0 Å². The Morgan fingerprint density at radius 1 is 1.16 bits per heavy atom. The molecule has 0 aromatic carbocycles. The molecule has 1 atom stereocenters. The summed E-state index contributed by atoms with van der Waals surface area (Å²) in [7, 11) is 0. The lowest BCUT2D eigenvalue weighted by molar-refractivity contribution is -0.153. The molecular formula is C16H30O3. The van der Waals surface area contributed by atoms with Crippen LogP contribution in [0.4, 0.5) is 0 Å². The van der Waals surface area contributed by atoms with E-state index in [1.807, 2.05) is 20.8 Å². The molecule has 1 rings (SSSR count). The van der Waals surface area contributed by atoms with E-state index in [1.54, 1.807) is 0 Å². The minimum absolute atomic E-state index is 0.0561. The van der Waals surface area contributed by atoms with Crippen LogP contribution < -0.4 is 0 Å². The van der Waals surface area contributed by atoms with E-state index in [4.69, 9.17) is 9.47 Å². The molecule has 0 saturated carbocycles. The molecule has 19 heavy (non-hydrogen) atoms. The van der Waals surface area contributed by atoms with Gasteiger partial charge in [0.15, 0.2) is 0 Å². The Labute approximate surface area is 118 Å². The molecule has 0 aromatic heterocycles. The molecule has 112 valence electrons. The van der Waals surface area contributed by atoms with Crippen molar-refractivity contribution in [1.29, 1.82) is 0 Å². The van der Waals surface area contributed by atoms with Crippen LogP contribution in [0.1, 0.15) is 72.1 Å². The first-order chi connectivity index (χ1) is 9.06. The van der Waals surface area contributed by atoms with Crippen molar-refractivity contribution in [3.05, 3.63) is 0 Å². The highest BCUT2D eigenvalue weighted by Crippen LogP contribution is 2.26. The molecule has 0 aliphatic carbocycles. The van der Waals surface area contributed by atoms with Crippen LogP contribution in [0.25, 0.3) is 0 Å². The molecule has 0 amide bonds. The molecular weight excluding hydrogens is 240 g/mol. The van der Waals surface area contributed by atoms with E-state index in [0.717, 1.165) is 19.4 Å². The molecule has 1 aliphatic rings. The number of esters is 1. The SMILES string of the molecule is CCOC(=O)C(C)(C)CCCCCCCCC1CO1. The van der Waals surface area contributed by atoms with Gasteiger partial charge in [0.05, 0.1) is 24.7 Å². The van der Waals surface area contributed by atoms with Gasteiger partial charge in [-0.15, -0.1) is 0 Å². The van der Waals surface area contributed by atoms with Gasteiger partial charge < -0.3 is 9.47 Å². The lowest BCUT2D eigenvalue weighted by Gasteiger charge is -2.21. The number of unbranched alkanes of at least 4 members (excludes halogenated alkanes) is 5. The lowest BCUT2D eigenvalue weighted by atomic mass is 9.87. The Morgan fingerprint density at radius 3 is 2.32 bits per heavy atom. The molecule has 1 saturated heterocycles. The van der Waals surface area contributed by atoms with Crippen molar-refractivity contribution >= 4 is 5.97 Å². The minimum Gasteiger partial charge on any atom is -0.466 e. The van der Waals surface area contributed by atoms with Crippen LogP contribution in [-0.4, -0.2) is 25.3 Å². The Hall–Kier alpha value is -0.570. The molecule has 0 N–H and O–H groups in total. The zero-order valence-electron chi connectivity index (χ0n) is 12.9. The number of carbonyl (C=O) groups excluding carboxylic acids is 1. The fourth-order valence-electron chi connectivity index (χ4n) is 2.31. The van der Waals surface area contributed by atoms with E-state index in [-0.39, 0.29) is 11.4 Å². The smallest absolute Gasteiger partial charge is 0.311 e. The maximum atomic E-state index is 11.7. The third kappa shape index (κ3) is 7.56. The van der Waals surface area contributed by atoms with Gasteiger partial charge in [0.1, 0.15) is 0 Å². The van der Waals surface area contributed by atoms with Crippen molar-refractivity contribution in [1.82, 2.24) is 0 Å². The number of carbonyl (C=O) groups is 1. The van der Waals surface area contributed by atoms with E-state index < -0.39 is 0 Å². The van der Waals surface area contributed by atoms with E-state index in [0.29, 0.717) is 12.7 Å². The van der Waals surface area contributed by atoms with Gasteiger partial charge in [0, 0.05) is 0 Å². The molecule has 1 fully saturated rings. The van der Waals surface area contributed by atoms with Gasteiger partial charge in [-0.1, -0.05) is 38.5 Å². The molecule has 0 radical (unpaired) electrons. The summed E-state index contributed by atoms with van der Waals surface area (Å²) in [5.74, 6) is -0.0561. The molecule has 1 heterocycles. The third-order valence-corrected chi connectivity index (χ3v) is 3.81. The summed E-state index contributed by atoms with van der Waals surface area (Å²) in [6.45, 7) is 7.30. The predicted molar refractivity (Wildman–Crippen MR) is 77.1 cm³/mol. The molecule has 0 spiro atoms. The molecule has 3 heteroatoms. The van der Waals surface area contributed by atoms with Crippen molar-refractivity contribution in [2.75, 3.05) is 13.2 Å². The predicted octanol–water partition coefficient (Wildman–Crippen LogP) is 4.10. The summed E-state index contributed by atoms with van der Waals surface area (Å²) < 4.78 is 10.3. The highest BCUT2D eigenvalue weighted by Gasteiger charge is 2.28. The van der Waals surface area contributed by atoms with Crippen LogP contribution in [0.2, 0.25) is 0 Å². The van der Waals surface area contributed by atoms with Gasteiger partial charge in [0.2, 0.25) is 0 Å². The quantitative estimate of drug-likeness (QED) is 0.322. The number of hydrogen-bond donors (Lipinski definition) is 0. The number of ether oxygens (including phenoxy) is 2. The molecule has 0 aromatic rings. The Bertz CT molecular complexity index is 257. The molecule has 0 bridgehead atoms. The van der Waals surface area contributed by atoms with Crippen molar-refractivity contribution in [2.45, 2.75) is 78.2 Å². The van der Waals surface area contributed by atoms with Crippen molar-refractivity contribution in [3.63, 3.8) is 0 Å². The summed E-state index contributed by atoms with van der Waals surface area (Å²) in [6, 6.07) is 0. The Morgan fingerprint density at radius 2 is 1.74 bits per heavy atom. The summed E-state index contributed by atoms with van der Waals surface area (Å²) in [6.07, 6.45) is 10.3. The summed E-state index contributed by atoms with van der Waals surface area (Å²) >= 11 is 0. The summed E-state index contributed by atoms with van der Waals surface area (Å²) in [5, 5.41) is 0. The standard InChI is InChI=1S/C16H30O3/c1-4-18-15(17)16(2,3)12-10-8-6-5-7-9-11-14-13-19-14/h14H,4-13H2,1-3H3. The molecule has 1 aliphatic heterocycles. The zero-order chi connectivity index (χ0) is 14.1. The van der Waals surface area contributed by atoms with Gasteiger partial charge in [-0.3, -0.25) is 4.79 Å². The van der Waals surface area contributed by atoms with E-state index >= 15 is 0 Å². The first kappa shape index (κ1) is 16.5. The molecule has 3 nitrogen and oxygen atoms in total. The minimum atomic E-state index is -0.320. The topological polar surface area (TPSA) is 38.8 Å². The summed E-state index contributed by atoms with van der Waals surface area (Å²) in [5.41, 5.74) is -0.320. The Balaban J connectivity index is 1.92. The van der Waals surface area contributed by atoms with Gasteiger partial charge in [-0.25, -0.2) is 0 Å². The maximum absolute atomic E-state index is 11.7. The number of rotatable bonds is 11. The van der Waals surface area contributed by atoms with Crippen molar-refractivity contribution in [3.8, 4) is 0 Å². The van der Waals surface area contributed by atoms with Crippen LogP contribution in [0.3, 0.4) is 0 Å². The van der Waals surface area contributed by atoms with Crippen LogP contribution in [0, 0.1) is 5.41 Å². The van der Waals surface area contributed by atoms with Crippen molar-refractivity contribution < 1.29 is 14.3 Å². The summed E-state index contributed by atoms with van der Waals surface area (Å²) in [4.78, 5) is 11.7. The average Bonchev–Trinajstić information content (AvgIpc) is 3.17. The van der Waals surface area contributed by atoms with Crippen molar-refractivity contribution in [2.24, 2.45) is 5.41 Å². The third-order valence-electron chi connectivity index (χ3n) is 3.81. The molecule has 1 unspecified atom stereocenters. The highest BCUT2D eigenvalue weighted by molar-refractivity contribution is 5.75. The van der Waals surface area contributed by atoms with E-state index in [9.17, 15) is 4.79 Å². The normalized spacial score (nSPS) is 18.4. The van der Waals surface area contributed by atoms with Crippen LogP contribution in [-0.2, 0) is 14.3 Å². The fourth-order valence-corrected chi connectivity index (χ4v) is 2.31. The Kier molecular flexibility index (Phi) is 7.44. The first-order valence-electron chi connectivity index (χ1n) is 7.85. The maximum Gasteiger partial charge on any atom is 0.311 e. The second-order valence-corrected chi connectivity index (χ2v) is 6.22. The second-order valence-electron chi connectivity index (χ2n) is 6.22. The zero-order valence-corrected chi connectivity index (χ0v) is 12.9. The van der Waals surface area contributed by atoms with E-state index in [2.05, 4.69) is 0 Å². The van der Waals surface area contributed by atoms with Crippen LogP contribution >= 0.6 is 0 Å². The van der Waals surface area contributed by atoms with E-state index in [1.165, 1.54) is 38.5 Å². The van der Waals surface area contributed by atoms with Gasteiger partial charge in [0.25, 0.3) is 0 Å². The number of hydrogen-bond acceptors (Lipinski definition) is 3. The fraction of sp³-hybridized carbons (Fsp3) is 0.938. The number of epoxide rings is 1. The largest absolute Gasteiger partial charge is 0.466 e. The lowest BCUT2D eigenvalue weighted by Crippen LogP contribution is -2.26. The highest BCUT2D eigenvalue weighted by atomic mass is 16.6. The average molecular weight is 270 g/mol. The first-order valence-corrected chi connectivity index (χ1v) is 7.85. The van der Waals surface area contributed by atoms with Gasteiger partial charge in [-0.05, 0) is 33.6 Å².